The van der Waals surface area contributed by atoms with Gasteiger partial charge in [0.25, 0.3) is 0 Å². The van der Waals surface area contributed by atoms with E-state index in [2.05, 4.69) is 40.3 Å². The van der Waals surface area contributed by atoms with E-state index in [9.17, 15) is 0 Å². The number of nitrogens with one attached hydrogen (secondary N) is 3. The van der Waals surface area contributed by atoms with Gasteiger partial charge in [0, 0.05) is 47.4 Å². The molecule has 0 saturated heterocycles. The van der Waals surface area contributed by atoms with E-state index in [1.54, 1.807) is 25.3 Å². The van der Waals surface area contributed by atoms with Gasteiger partial charge in [0.15, 0.2) is 0 Å². The Balaban J connectivity index is 1.95. The number of halogens is 1. The van der Waals surface area contributed by atoms with Crippen molar-refractivity contribution in [2.24, 2.45) is 0 Å². The quantitative estimate of drug-likeness (QED) is 0.250. The summed E-state index contributed by atoms with van der Waals surface area (Å²) in [6, 6.07) is 13.5. The molecule has 1 aromatic heterocycles. The molecule has 0 amide bonds. The first-order valence-corrected chi connectivity index (χ1v) is 11.8. The number of rotatable bonds is 11. The predicted molar refractivity (Wildman–Crippen MR) is 152 cm³/mol. The highest BCUT2D eigenvalue weighted by Crippen LogP contribution is 2.30. The van der Waals surface area contributed by atoms with Gasteiger partial charge >= 0.3 is 0 Å². The standard InChI is InChI=1S/C31H33FN4/c1-7-10-16-28-22(5)35-30(36-28)20-27-29(33-6)18-17-26(31(27)32)23(8-2)19-25(9-3)34-21(4)24-14-12-11-13-15-24/h7-19,33-34H,1,3-4,20H2,2,5-6H3,(H,35,36)/b16-10-,23-8+,25-19+. The SMILES string of the molecule is C=C/C=C\c1nc(Cc2c(NC)ccc(C(/C=C(\C=C)NC(=C)c3ccccc3)=C/C)c2F)[nH]c1C. The number of aryl methyl sites for hydroxylation is 1. The van der Waals surface area contributed by atoms with E-state index in [1.807, 2.05) is 74.5 Å². The summed E-state index contributed by atoms with van der Waals surface area (Å²) in [5.41, 5.74) is 6.63. The van der Waals surface area contributed by atoms with Gasteiger partial charge in [-0.1, -0.05) is 68.3 Å². The number of benzene rings is 2. The van der Waals surface area contributed by atoms with Crippen LogP contribution in [-0.4, -0.2) is 17.0 Å². The van der Waals surface area contributed by atoms with Gasteiger partial charge in [-0.15, -0.1) is 0 Å². The van der Waals surface area contributed by atoms with E-state index < -0.39 is 0 Å². The number of imidazole rings is 1. The Kier molecular flexibility index (Phi) is 9.01. The average molecular weight is 481 g/mol. The summed E-state index contributed by atoms with van der Waals surface area (Å²) >= 11 is 0. The van der Waals surface area contributed by atoms with Crippen LogP contribution < -0.4 is 10.6 Å². The van der Waals surface area contributed by atoms with Gasteiger partial charge in [-0.2, -0.15) is 0 Å². The summed E-state index contributed by atoms with van der Waals surface area (Å²) in [4.78, 5) is 7.90. The molecule has 3 aromatic rings. The van der Waals surface area contributed by atoms with Gasteiger partial charge in [0.05, 0.1) is 5.69 Å². The van der Waals surface area contributed by atoms with Crippen molar-refractivity contribution >= 4 is 23.0 Å². The lowest BCUT2D eigenvalue weighted by molar-refractivity contribution is 0.609. The Bertz CT molecular complexity index is 1340. The van der Waals surface area contributed by atoms with Crippen molar-refractivity contribution < 1.29 is 4.39 Å². The lowest BCUT2D eigenvalue weighted by Crippen LogP contribution is -2.10. The summed E-state index contributed by atoms with van der Waals surface area (Å²) < 4.78 is 16.0. The number of hydrogen-bond donors (Lipinski definition) is 3. The normalized spacial score (nSPS) is 12.0. The van der Waals surface area contributed by atoms with Crippen molar-refractivity contribution in [1.82, 2.24) is 15.3 Å². The molecule has 3 N–H and O–H groups in total. The Morgan fingerprint density at radius 3 is 2.53 bits per heavy atom. The number of hydrogen-bond acceptors (Lipinski definition) is 3. The molecule has 3 rings (SSSR count). The molecule has 1 heterocycles. The van der Waals surface area contributed by atoms with Crippen molar-refractivity contribution in [2.75, 3.05) is 12.4 Å². The van der Waals surface area contributed by atoms with Crippen LogP contribution in [0.2, 0.25) is 0 Å². The molecule has 184 valence electrons. The number of anilines is 1. The van der Waals surface area contributed by atoms with Gasteiger partial charge in [-0.05, 0) is 55.3 Å². The minimum atomic E-state index is -0.297. The van der Waals surface area contributed by atoms with Crippen molar-refractivity contribution in [3.63, 3.8) is 0 Å². The summed E-state index contributed by atoms with van der Waals surface area (Å²) in [6.45, 7) is 15.6. The smallest absolute Gasteiger partial charge is 0.136 e. The molecule has 4 nitrogen and oxygen atoms in total. The molecular formula is C31H33FN4. The van der Waals surface area contributed by atoms with Crippen LogP contribution in [-0.2, 0) is 6.42 Å². The first-order valence-electron chi connectivity index (χ1n) is 11.8. The molecule has 0 aliphatic heterocycles. The van der Waals surface area contributed by atoms with Crippen molar-refractivity contribution in [2.45, 2.75) is 20.3 Å². The molecular weight excluding hydrogens is 447 g/mol. The van der Waals surface area contributed by atoms with Gasteiger partial charge in [-0.3, -0.25) is 0 Å². The lowest BCUT2D eigenvalue weighted by Gasteiger charge is -2.15. The fourth-order valence-corrected chi connectivity index (χ4v) is 3.88. The Morgan fingerprint density at radius 1 is 1.14 bits per heavy atom. The predicted octanol–water partition coefficient (Wildman–Crippen LogP) is 7.42. The first kappa shape index (κ1) is 26.2. The zero-order chi connectivity index (χ0) is 26.1. The van der Waals surface area contributed by atoms with Crippen LogP contribution >= 0.6 is 0 Å². The molecule has 0 radical (unpaired) electrons. The lowest BCUT2D eigenvalue weighted by atomic mass is 9.97. The molecule has 36 heavy (non-hydrogen) atoms. The van der Waals surface area contributed by atoms with Gasteiger partial charge in [0.2, 0.25) is 0 Å². The molecule has 2 aromatic carbocycles. The first-order chi connectivity index (χ1) is 17.4. The summed E-state index contributed by atoms with van der Waals surface area (Å²) in [7, 11) is 1.79. The highest BCUT2D eigenvalue weighted by Gasteiger charge is 2.17. The van der Waals surface area contributed by atoms with Crippen LogP contribution in [0.4, 0.5) is 10.1 Å². The van der Waals surface area contributed by atoms with E-state index >= 15 is 4.39 Å². The molecule has 0 aliphatic carbocycles. The van der Waals surface area contributed by atoms with E-state index in [4.69, 9.17) is 0 Å². The fourth-order valence-electron chi connectivity index (χ4n) is 3.88. The Hall–Kier alpha value is -4.38. The number of H-pyrrole nitrogens is 1. The third kappa shape index (κ3) is 6.19. The second-order valence-electron chi connectivity index (χ2n) is 8.19. The summed E-state index contributed by atoms with van der Waals surface area (Å²) in [5.74, 6) is 0.391. The van der Waals surface area contributed by atoms with Crippen LogP contribution in [0.25, 0.3) is 17.3 Å². The van der Waals surface area contributed by atoms with Crippen molar-refractivity contribution in [3.8, 4) is 0 Å². The van der Waals surface area contributed by atoms with Gasteiger partial charge < -0.3 is 15.6 Å². The number of aromatic amines is 1. The van der Waals surface area contributed by atoms with E-state index in [1.165, 1.54) is 0 Å². The fraction of sp³-hybridized carbons (Fsp3) is 0.129. The molecule has 0 aliphatic rings. The van der Waals surface area contributed by atoms with E-state index in [0.29, 0.717) is 29.1 Å². The van der Waals surface area contributed by atoms with E-state index in [0.717, 1.165) is 33.9 Å². The third-order valence-corrected chi connectivity index (χ3v) is 5.79. The maximum Gasteiger partial charge on any atom is 0.136 e. The van der Waals surface area contributed by atoms with Crippen LogP contribution in [0.3, 0.4) is 0 Å². The zero-order valence-electron chi connectivity index (χ0n) is 21.2. The molecule has 0 atom stereocenters. The maximum absolute atomic E-state index is 16.0. The molecule has 0 saturated carbocycles. The number of nitrogens with zero attached hydrogens (tertiary/aromatic N) is 1. The molecule has 0 spiro atoms. The highest BCUT2D eigenvalue weighted by atomic mass is 19.1. The van der Waals surface area contributed by atoms with Gasteiger partial charge in [-0.25, -0.2) is 9.37 Å². The monoisotopic (exact) mass is 480 g/mol. The third-order valence-electron chi connectivity index (χ3n) is 5.79. The number of aromatic nitrogens is 2. The summed E-state index contributed by atoms with van der Waals surface area (Å²) in [5, 5.41) is 6.39. The van der Waals surface area contributed by atoms with Crippen LogP contribution in [0.5, 0.6) is 0 Å². The average Bonchev–Trinajstić information content (AvgIpc) is 3.25. The molecule has 0 bridgehead atoms. The topological polar surface area (TPSA) is 52.7 Å². The van der Waals surface area contributed by atoms with Crippen LogP contribution in [0, 0.1) is 12.7 Å². The van der Waals surface area contributed by atoms with Crippen molar-refractivity contribution in [1.29, 1.82) is 0 Å². The number of allylic oxidation sites excluding steroid dienone is 6. The minimum Gasteiger partial charge on any atom is -0.388 e. The second kappa shape index (κ2) is 12.4. The second-order valence-corrected chi connectivity index (χ2v) is 8.19. The molecule has 5 heteroatoms. The largest absolute Gasteiger partial charge is 0.388 e. The van der Waals surface area contributed by atoms with E-state index in [-0.39, 0.29) is 5.82 Å². The van der Waals surface area contributed by atoms with Crippen LogP contribution in [0.1, 0.15) is 40.8 Å². The van der Waals surface area contributed by atoms with Crippen LogP contribution in [0.15, 0.2) is 98.3 Å². The van der Waals surface area contributed by atoms with Crippen molar-refractivity contribution in [3.05, 3.63) is 138 Å². The van der Waals surface area contributed by atoms with Gasteiger partial charge in [0.1, 0.15) is 11.6 Å². The Labute approximate surface area is 213 Å². The molecule has 0 unspecified atom stereocenters. The minimum absolute atomic E-state index is 0.297. The highest BCUT2D eigenvalue weighted by molar-refractivity contribution is 5.78. The Morgan fingerprint density at radius 2 is 1.89 bits per heavy atom. The summed E-state index contributed by atoms with van der Waals surface area (Å²) in [6.07, 6.45) is 11.2. The molecule has 0 fully saturated rings. The zero-order valence-corrected chi connectivity index (χ0v) is 21.2. The maximum atomic E-state index is 16.0.